The minimum atomic E-state index is -0.796. The number of carbonyl (C=O) groups is 1. The van der Waals surface area contributed by atoms with Crippen molar-refractivity contribution >= 4 is 11.6 Å². The van der Waals surface area contributed by atoms with Crippen LogP contribution in [0.2, 0.25) is 0 Å². The Bertz CT molecular complexity index is 508. The van der Waals surface area contributed by atoms with E-state index in [9.17, 15) is 9.90 Å². The number of para-hydroxylation sites is 1. The standard InChI is InChI=1S/C16H24N2O3/c1-11-6-8-16(20,9-7-11)10-18-15(19)12-4-3-5-13(17)14(12)21-2/h3-5,11,20H,6-10,17H2,1-2H3,(H,18,19). The third-order valence-corrected chi connectivity index (χ3v) is 4.28. The maximum absolute atomic E-state index is 12.3. The van der Waals surface area contributed by atoms with Gasteiger partial charge in [0.2, 0.25) is 0 Å². The summed E-state index contributed by atoms with van der Waals surface area (Å²) >= 11 is 0. The van der Waals surface area contributed by atoms with Crippen molar-refractivity contribution in [2.24, 2.45) is 5.92 Å². The van der Waals surface area contributed by atoms with Gasteiger partial charge in [-0.05, 0) is 43.7 Å². The first kappa shape index (κ1) is 15.6. The molecule has 0 bridgehead atoms. The number of nitrogens with two attached hydrogens (primary N) is 1. The van der Waals surface area contributed by atoms with E-state index in [0.717, 1.165) is 25.7 Å². The van der Waals surface area contributed by atoms with Crippen LogP contribution in [0.15, 0.2) is 18.2 Å². The first-order valence-corrected chi connectivity index (χ1v) is 7.38. The molecule has 0 saturated heterocycles. The molecule has 4 N–H and O–H groups in total. The van der Waals surface area contributed by atoms with E-state index in [0.29, 0.717) is 22.9 Å². The second-order valence-electron chi connectivity index (χ2n) is 6.02. The molecule has 2 rings (SSSR count). The SMILES string of the molecule is COc1c(N)cccc1C(=O)NCC1(O)CCC(C)CC1. The summed E-state index contributed by atoms with van der Waals surface area (Å²) in [6.07, 6.45) is 3.44. The van der Waals surface area contributed by atoms with Gasteiger partial charge in [-0.1, -0.05) is 13.0 Å². The molecule has 116 valence electrons. The maximum Gasteiger partial charge on any atom is 0.255 e. The number of hydrogen-bond acceptors (Lipinski definition) is 4. The number of benzene rings is 1. The fourth-order valence-corrected chi connectivity index (χ4v) is 2.78. The summed E-state index contributed by atoms with van der Waals surface area (Å²) in [5, 5.41) is 13.3. The molecule has 1 aromatic carbocycles. The molecule has 1 aliphatic carbocycles. The minimum Gasteiger partial charge on any atom is -0.494 e. The van der Waals surface area contributed by atoms with E-state index >= 15 is 0 Å². The van der Waals surface area contributed by atoms with Crippen molar-refractivity contribution in [3.8, 4) is 5.75 Å². The van der Waals surface area contributed by atoms with Crippen LogP contribution < -0.4 is 15.8 Å². The second kappa shape index (κ2) is 6.35. The molecule has 0 aromatic heterocycles. The molecule has 21 heavy (non-hydrogen) atoms. The van der Waals surface area contributed by atoms with Crippen molar-refractivity contribution in [1.29, 1.82) is 0 Å². The van der Waals surface area contributed by atoms with Crippen molar-refractivity contribution in [2.75, 3.05) is 19.4 Å². The Morgan fingerprint density at radius 2 is 2.14 bits per heavy atom. The molecule has 0 unspecified atom stereocenters. The highest BCUT2D eigenvalue weighted by Gasteiger charge is 2.32. The summed E-state index contributed by atoms with van der Waals surface area (Å²) < 4.78 is 5.18. The number of amides is 1. The van der Waals surface area contributed by atoms with Gasteiger partial charge in [0.15, 0.2) is 5.75 Å². The molecule has 0 aliphatic heterocycles. The van der Waals surface area contributed by atoms with Gasteiger partial charge >= 0.3 is 0 Å². The Labute approximate surface area is 125 Å². The largest absolute Gasteiger partial charge is 0.494 e. The van der Waals surface area contributed by atoms with E-state index < -0.39 is 5.60 Å². The lowest BCUT2D eigenvalue weighted by atomic mass is 9.79. The van der Waals surface area contributed by atoms with E-state index in [1.807, 2.05) is 0 Å². The van der Waals surface area contributed by atoms with Crippen LogP contribution in [0.1, 0.15) is 43.0 Å². The number of methoxy groups -OCH3 is 1. The van der Waals surface area contributed by atoms with Gasteiger partial charge in [0.05, 0.1) is 24.0 Å². The molecule has 5 heteroatoms. The van der Waals surface area contributed by atoms with Crippen LogP contribution in [0.25, 0.3) is 0 Å². The van der Waals surface area contributed by atoms with E-state index in [4.69, 9.17) is 10.5 Å². The van der Waals surface area contributed by atoms with Gasteiger partial charge in [-0.3, -0.25) is 4.79 Å². The fraction of sp³-hybridized carbons (Fsp3) is 0.562. The number of hydrogen-bond donors (Lipinski definition) is 3. The molecule has 1 fully saturated rings. The van der Waals surface area contributed by atoms with E-state index in [1.54, 1.807) is 18.2 Å². The summed E-state index contributed by atoms with van der Waals surface area (Å²) in [5.74, 6) is 0.750. The summed E-state index contributed by atoms with van der Waals surface area (Å²) in [4.78, 5) is 12.3. The first-order valence-electron chi connectivity index (χ1n) is 7.38. The van der Waals surface area contributed by atoms with Crippen LogP contribution in [0, 0.1) is 5.92 Å². The number of rotatable bonds is 4. The van der Waals surface area contributed by atoms with Gasteiger partial charge in [-0.15, -0.1) is 0 Å². The summed E-state index contributed by atoms with van der Waals surface area (Å²) in [5.41, 5.74) is 5.82. The zero-order chi connectivity index (χ0) is 15.5. The number of carbonyl (C=O) groups excluding carboxylic acids is 1. The highest BCUT2D eigenvalue weighted by molar-refractivity contribution is 5.98. The highest BCUT2D eigenvalue weighted by atomic mass is 16.5. The molecular weight excluding hydrogens is 268 g/mol. The van der Waals surface area contributed by atoms with E-state index in [2.05, 4.69) is 12.2 Å². The molecule has 1 aliphatic rings. The van der Waals surface area contributed by atoms with Crippen molar-refractivity contribution in [2.45, 2.75) is 38.2 Å². The molecular formula is C16H24N2O3. The molecule has 0 spiro atoms. The van der Waals surface area contributed by atoms with Crippen molar-refractivity contribution in [3.05, 3.63) is 23.8 Å². The van der Waals surface area contributed by atoms with Gasteiger partial charge in [0.1, 0.15) is 0 Å². The normalized spacial score (nSPS) is 25.4. The molecule has 0 atom stereocenters. The summed E-state index contributed by atoms with van der Waals surface area (Å²) in [6, 6.07) is 5.06. The first-order chi connectivity index (χ1) is 9.95. The lowest BCUT2D eigenvalue weighted by Crippen LogP contribution is -2.45. The number of nitrogens with one attached hydrogen (secondary N) is 1. The van der Waals surface area contributed by atoms with Crippen LogP contribution in [-0.4, -0.2) is 30.3 Å². The Morgan fingerprint density at radius 3 is 2.76 bits per heavy atom. The number of anilines is 1. The molecule has 1 saturated carbocycles. The van der Waals surface area contributed by atoms with Crippen LogP contribution in [0.5, 0.6) is 5.75 Å². The third-order valence-electron chi connectivity index (χ3n) is 4.28. The highest BCUT2D eigenvalue weighted by Crippen LogP contribution is 2.31. The molecule has 0 radical (unpaired) electrons. The van der Waals surface area contributed by atoms with Gasteiger partial charge in [-0.25, -0.2) is 0 Å². The van der Waals surface area contributed by atoms with Gasteiger partial charge in [0.25, 0.3) is 5.91 Å². The zero-order valence-corrected chi connectivity index (χ0v) is 12.7. The van der Waals surface area contributed by atoms with Crippen LogP contribution >= 0.6 is 0 Å². The van der Waals surface area contributed by atoms with Gasteiger partial charge in [-0.2, -0.15) is 0 Å². The predicted molar refractivity (Wildman–Crippen MR) is 82.3 cm³/mol. The second-order valence-corrected chi connectivity index (χ2v) is 6.02. The third kappa shape index (κ3) is 3.67. The Balaban J connectivity index is 2.01. The Morgan fingerprint density at radius 1 is 1.48 bits per heavy atom. The molecule has 0 heterocycles. The number of aliphatic hydroxyl groups is 1. The Kier molecular flexibility index (Phi) is 4.73. The van der Waals surface area contributed by atoms with Gasteiger partial charge < -0.3 is 20.9 Å². The number of nitrogen functional groups attached to an aromatic ring is 1. The quantitative estimate of drug-likeness (QED) is 0.741. The van der Waals surface area contributed by atoms with E-state index in [1.165, 1.54) is 7.11 Å². The van der Waals surface area contributed by atoms with Crippen molar-refractivity contribution in [1.82, 2.24) is 5.32 Å². The monoisotopic (exact) mass is 292 g/mol. The average molecular weight is 292 g/mol. The van der Waals surface area contributed by atoms with Crippen LogP contribution in [0.3, 0.4) is 0 Å². The smallest absolute Gasteiger partial charge is 0.255 e. The minimum absolute atomic E-state index is 0.260. The van der Waals surface area contributed by atoms with Gasteiger partial charge in [0, 0.05) is 6.54 Å². The lowest BCUT2D eigenvalue weighted by Gasteiger charge is -2.35. The maximum atomic E-state index is 12.3. The molecule has 1 amide bonds. The topological polar surface area (TPSA) is 84.6 Å². The molecule has 1 aromatic rings. The summed E-state index contributed by atoms with van der Waals surface area (Å²) in [6.45, 7) is 2.45. The van der Waals surface area contributed by atoms with E-state index in [-0.39, 0.29) is 12.5 Å². The summed E-state index contributed by atoms with van der Waals surface area (Å²) in [7, 11) is 1.48. The lowest BCUT2D eigenvalue weighted by molar-refractivity contribution is -0.00541. The average Bonchev–Trinajstić information content (AvgIpc) is 2.48. The Hall–Kier alpha value is -1.75. The molecule has 5 nitrogen and oxygen atoms in total. The van der Waals surface area contributed by atoms with Crippen molar-refractivity contribution < 1.29 is 14.6 Å². The zero-order valence-electron chi connectivity index (χ0n) is 12.7. The number of ether oxygens (including phenoxy) is 1. The van der Waals surface area contributed by atoms with Crippen molar-refractivity contribution in [3.63, 3.8) is 0 Å². The van der Waals surface area contributed by atoms with Crippen LogP contribution in [0.4, 0.5) is 5.69 Å². The fourth-order valence-electron chi connectivity index (χ4n) is 2.78. The van der Waals surface area contributed by atoms with Crippen LogP contribution in [-0.2, 0) is 0 Å². The predicted octanol–water partition coefficient (Wildman–Crippen LogP) is 1.95.